The quantitative estimate of drug-likeness (QED) is 0.781. The number of nitrogens with two attached hydrogens (primary N) is 1. The molecule has 0 amide bonds. The van der Waals surface area contributed by atoms with Crippen molar-refractivity contribution in [2.45, 2.75) is 45.1 Å². The van der Waals surface area contributed by atoms with E-state index in [9.17, 15) is 0 Å². The van der Waals surface area contributed by atoms with Gasteiger partial charge in [-0.05, 0) is 18.8 Å². The molecule has 14 heavy (non-hydrogen) atoms. The third-order valence-corrected chi connectivity index (χ3v) is 2.51. The van der Waals surface area contributed by atoms with Crippen molar-refractivity contribution in [1.82, 2.24) is 10.1 Å². The Bertz CT molecular complexity index is 322. The number of hydrogen-bond acceptors (Lipinski definition) is 4. The fourth-order valence-corrected chi connectivity index (χ4v) is 1.34. The summed E-state index contributed by atoms with van der Waals surface area (Å²) in [6.45, 7) is 6.15. The highest BCUT2D eigenvalue weighted by Crippen LogP contribution is 2.38. The zero-order chi connectivity index (χ0) is 10.3. The Balaban J connectivity index is 2.16. The third kappa shape index (κ3) is 1.80. The van der Waals surface area contributed by atoms with Crippen LogP contribution in [0, 0.1) is 5.92 Å². The number of rotatable bonds is 2. The highest BCUT2D eigenvalue weighted by atomic mass is 16.5. The molecule has 4 nitrogen and oxygen atoms in total. The summed E-state index contributed by atoms with van der Waals surface area (Å²) >= 11 is 0. The maximum Gasteiger partial charge on any atom is 0.232 e. The van der Waals surface area contributed by atoms with Crippen LogP contribution in [-0.2, 0) is 5.41 Å². The molecule has 1 aliphatic carbocycles. The molecular formula is C10H17N3O. The van der Waals surface area contributed by atoms with Crippen molar-refractivity contribution in [3.8, 4) is 0 Å². The zero-order valence-corrected chi connectivity index (χ0v) is 8.95. The van der Waals surface area contributed by atoms with E-state index in [1.807, 2.05) is 20.8 Å². The maximum absolute atomic E-state index is 5.97. The minimum Gasteiger partial charge on any atom is -0.339 e. The van der Waals surface area contributed by atoms with Crippen LogP contribution < -0.4 is 5.73 Å². The van der Waals surface area contributed by atoms with Gasteiger partial charge in [0, 0.05) is 5.41 Å². The average Bonchev–Trinajstić information content (AvgIpc) is 2.79. The van der Waals surface area contributed by atoms with Crippen LogP contribution >= 0.6 is 0 Å². The van der Waals surface area contributed by atoms with Crippen molar-refractivity contribution in [3.63, 3.8) is 0 Å². The molecule has 0 aromatic carbocycles. The molecular weight excluding hydrogens is 178 g/mol. The monoisotopic (exact) mass is 195 g/mol. The fraction of sp³-hybridized carbons (Fsp3) is 0.800. The molecule has 1 aromatic heterocycles. The molecule has 0 radical (unpaired) electrons. The Labute approximate surface area is 83.9 Å². The summed E-state index contributed by atoms with van der Waals surface area (Å²) in [5.41, 5.74) is 5.88. The Morgan fingerprint density at radius 2 is 2.07 bits per heavy atom. The van der Waals surface area contributed by atoms with Gasteiger partial charge in [-0.25, -0.2) is 0 Å². The first-order chi connectivity index (χ1) is 6.48. The molecule has 0 spiro atoms. The zero-order valence-electron chi connectivity index (χ0n) is 8.95. The Kier molecular flexibility index (Phi) is 2.10. The van der Waals surface area contributed by atoms with Crippen LogP contribution in [0.2, 0.25) is 0 Å². The second kappa shape index (κ2) is 3.05. The van der Waals surface area contributed by atoms with Gasteiger partial charge >= 0.3 is 0 Å². The van der Waals surface area contributed by atoms with Gasteiger partial charge < -0.3 is 10.3 Å². The van der Waals surface area contributed by atoms with Gasteiger partial charge in [-0.15, -0.1) is 0 Å². The lowest BCUT2D eigenvalue weighted by Gasteiger charge is -2.10. The van der Waals surface area contributed by atoms with Gasteiger partial charge in [-0.1, -0.05) is 25.9 Å². The van der Waals surface area contributed by atoms with Gasteiger partial charge in [-0.3, -0.25) is 0 Å². The van der Waals surface area contributed by atoms with Crippen LogP contribution in [0.3, 0.4) is 0 Å². The van der Waals surface area contributed by atoms with E-state index < -0.39 is 0 Å². The minimum atomic E-state index is -0.0888. The summed E-state index contributed by atoms with van der Waals surface area (Å²) in [6, 6.07) is -0.0325. The largest absolute Gasteiger partial charge is 0.339 e. The molecule has 1 aromatic rings. The summed E-state index contributed by atoms with van der Waals surface area (Å²) < 4.78 is 5.19. The van der Waals surface area contributed by atoms with Crippen LogP contribution in [-0.4, -0.2) is 10.1 Å². The molecule has 4 heteroatoms. The van der Waals surface area contributed by atoms with E-state index in [0.717, 1.165) is 0 Å². The number of nitrogens with zero attached hydrogens (tertiary/aromatic N) is 2. The van der Waals surface area contributed by atoms with E-state index in [-0.39, 0.29) is 11.5 Å². The number of aromatic nitrogens is 2. The van der Waals surface area contributed by atoms with Crippen molar-refractivity contribution < 1.29 is 4.52 Å². The Morgan fingerprint density at radius 1 is 1.43 bits per heavy atom. The van der Waals surface area contributed by atoms with Crippen molar-refractivity contribution >= 4 is 0 Å². The standard InChI is InChI=1S/C10H17N3O/c1-10(2,3)9-12-8(13-14-9)7(11)6-4-5-6/h6-7H,4-5,11H2,1-3H3. The normalized spacial score (nSPS) is 19.7. The van der Waals surface area contributed by atoms with Crippen LogP contribution in [0.25, 0.3) is 0 Å². The molecule has 1 atom stereocenters. The van der Waals surface area contributed by atoms with Crippen molar-refractivity contribution in [2.24, 2.45) is 11.7 Å². The van der Waals surface area contributed by atoms with Gasteiger partial charge in [0.05, 0.1) is 6.04 Å². The predicted molar refractivity (Wildman–Crippen MR) is 52.7 cm³/mol. The topological polar surface area (TPSA) is 64.9 Å². The van der Waals surface area contributed by atoms with Crippen LogP contribution in [0.15, 0.2) is 4.52 Å². The second-order valence-corrected chi connectivity index (χ2v) is 5.07. The van der Waals surface area contributed by atoms with Crippen molar-refractivity contribution in [1.29, 1.82) is 0 Å². The van der Waals surface area contributed by atoms with E-state index in [2.05, 4.69) is 10.1 Å². The molecule has 0 aliphatic heterocycles. The summed E-state index contributed by atoms with van der Waals surface area (Å²) in [5, 5.41) is 3.93. The summed E-state index contributed by atoms with van der Waals surface area (Å²) in [7, 11) is 0. The van der Waals surface area contributed by atoms with Gasteiger partial charge in [0.2, 0.25) is 5.89 Å². The molecule has 1 aliphatic rings. The molecule has 1 saturated carbocycles. The fourth-order valence-electron chi connectivity index (χ4n) is 1.34. The molecule has 0 bridgehead atoms. The second-order valence-electron chi connectivity index (χ2n) is 5.07. The first-order valence-corrected chi connectivity index (χ1v) is 5.08. The van der Waals surface area contributed by atoms with Crippen molar-refractivity contribution in [2.75, 3.05) is 0 Å². The first kappa shape index (κ1) is 9.65. The van der Waals surface area contributed by atoms with E-state index in [1.54, 1.807) is 0 Å². The van der Waals surface area contributed by atoms with Crippen LogP contribution in [0.4, 0.5) is 0 Å². The van der Waals surface area contributed by atoms with E-state index in [0.29, 0.717) is 17.6 Å². The average molecular weight is 195 g/mol. The van der Waals surface area contributed by atoms with Gasteiger partial charge in [-0.2, -0.15) is 4.98 Å². The molecule has 1 heterocycles. The summed E-state index contributed by atoms with van der Waals surface area (Å²) in [4.78, 5) is 4.34. The number of hydrogen-bond donors (Lipinski definition) is 1. The predicted octanol–water partition coefficient (Wildman–Crippen LogP) is 1.78. The van der Waals surface area contributed by atoms with Gasteiger partial charge in [0.1, 0.15) is 0 Å². The molecule has 2 rings (SSSR count). The molecule has 0 saturated heterocycles. The summed E-state index contributed by atoms with van der Waals surface area (Å²) in [5.74, 6) is 1.90. The Hall–Kier alpha value is -0.900. The molecule has 1 unspecified atom stereocenters. The highest BCUT2D eigenvalue weighted by molar-refractivity contribution is 5.04. The smallest absolute Gasteiger partial charge is 0.232 e. The molecule has 2 N–H and O–H groups in total. The molecule has 1 fully saturated rings. The third-order valence-electron chi connectivity index (χ3n) is 2.51. The molecule has 78 valence electrons. The van der Waals surface area contributed by atoms with E-state index in [4.69, 9.17) is 10.3 Å². The highest BCUT2D eigenvalue weighted by Gasteiger charge is 2.33. The van der Waals surface area contributed by atoms with Crippen molar-refractivity contribution in [3.05, 3.63) is 11.7 Å². The first-order valence-electron chi connectivity index (χ1n) is 5.08. The maximum atomic E-state index is 5.97. The lowest BCUT2D eigenvalue weighted by Crippen LogP contribution is -2.16. The van der Waals surface area contributed by atoms with Crippen LogP contribution in [0.5, 0.6) is 0 Å². The minimum absolute atomic E-state index is 0.0325. The van der Waals surface area contributed by atoms with E-state index in [1.165, 1.54) is 12.8 Å². The van der Waals surface area contributed by atoms with Gasteiger partial charge in [0.25, 0.3) is 0 Å². The summed E-state index contributed by atoms with van der Waals surface area (Å²) in [6.07, 6.45) is 2.39. The lowest BCUT2D eigenvalue weighted by atomic mass is 9.97. The van der Waals surface area contributed by atoms with Crippen LogP contribution in [0.1, 0.15) is 51.4 Å². The SMILES string of the molecule is CC(C)(C)c1nc(C(N)C2CC2)no1. The van der Waals surface area contributed by atoms with E-state index >= 15 is 0 Å². The Morgan fingerprint density at radius 3 is 2.50 bits per heavy atom. The lowest BCUT2D eigenvalue weighted by molar-refractivity contribution is 0.316. The van der Waals surface area contributed by atoms with Gasteiger partial charge in [0.15, 0.2) is 5.82 Å².